The fraction of sp³-hybridized carbons (Fsp3) is 0.310. The van der Waals surface area contributed by atoms with E-state index in [1.807, 2.05) is 44.2 Å². The second kappa shape index (κ2) is 10.5. The number of nitrogens with zero attached hydrogens (tertiary/aromatic N) is 2. The van der Waals surface area contributed by atoms with Crippen LogP contribution in [0.3, 0.4) is 0 Å². The number of nitrogens with one attached hydrogen (secondary N) is 3. The van der Waals surface area contributed by atoms with E-state index >= 15 is 0 Å². The summed E-state index contributed by atoms with van der Waals surface area (Å²) in [6, 6.07) is 18.2. The maximum Gasteiger partial charge on any atom is 0.256 e. The van der Waals surface area contributed by atoms with E-state index in [9.17, 15) is 9.59 Å². The third-order valence-corrected chi connectivity index (χ3v) is 7.13. The quantitative estimate of drug-likeness (QED) is 0.448. The molecule has 0 radical (unpaired) electrons. The zero-order chi connectivity index (χ0) is 25.1. The number of rotatable bonds is 7. The van der Waals surface area contributed by atoms with Crippen molar-refractivity contribution in [1.29, 1.82) is 0 Å². The van der Waals surface area contributed by atoms with Crippen molar-refractivity contribution in [3.05, 3.63) is 88.2 Å². The minimum absolute atomic E-state index is 0.0788. The van der Waals surface area contributed by atoms with Crippen molar-refractivity contribution < 1.29 is 9.59 Å². The maximum atomic E-state index is 13.0. The van der Waals surface area contributed by atoms with E-state index in [2.05, 4.69) is 55.7 Å². The third-order valence-electron chi connectivity index (χ3n) is 7.13. The van der Waals surface area contributed by atoms with Crippen molar-refractivity contribution in [3.63, 3.8) is 0 Å². The van der Waals surface area contributed by atoms with Crippen molar-refractivity contribution in [2.24, 2.45) is 0 Å². The van der Waals surface area contributed by atoms with Crippen LogP contribution in [-0.4, -0.2) is 65.9 Å². The lowest BCUT2D eigenvalue weighted by molar-refractivity contribution is -0.110. The Labute approximate surface area is 212 Å². The number of carbonyl (C=O) groups is 2. The summed E-state index contributed by atoms with van der Waals surface area (Å²) in [7, 11) is 0. The summed E-state index contributed by atoms with van der Waals surface area (Å²) in [5.41, 5.74) is 6.74. The van der Waals surface area contributed by atoms with Crippen LogP contribution in [0, 0.1) is 13.8 Å². The molecule has 2 aromatic carbocycles. The molecule has 0 unspecified atom stereocenters. The number of aromatic amines is 1. The number of benzene rings is 2. The molecule has 0 atom stereocenters. The summed E-state index contributed by atoms with van der Waals surface area (Å²) < 4.78 is 0. The van der Waals surface area contributed by atoms with Crippen LogP contribution in [0.1, 0.15) is 38.4 Å². The van der Waals surface area contributed by atoms with Crippen molar-refractivity contribution in [3.8, 4) is 0 Å². The lowest BCUT2D eigenvalue weighted by Gasteiger charge is -2.34. The predicted molar refractivity (Wildman–Crippen MR) is 144 cm³/mol. The molecule has 2 aliphatic heterocycles. The zero-order valence-electron chi connectivity index (χ0n) is 20.9. The van der Waals surface area contributed by atoms with Gasteiger partial charge in [-0.1, -0.05) is 48.5 Å². The number of carbonyl (C=O) groups excluding carboxylic acids is 2. The second-order valence-corrected chi connectivity index (χ2v) is 9.58. The first kappa shape index (κ1) is 24.0. The van der Waals surface area contributed by atoms with Crippen LogP contribution >= 0.6 is 0 Å². The Morgan fingerprint density at radius 1 is 0.972 bits per heavy atom. The fourth-order valence-electron chi connectivity index (χ4n) is 5.11. The molecule has 36 heavy (non-hydrogen) atoms. The van der Waals surface area contributed by atoms with Gasteiger partial charge in [-0.15, -0.1) is 0 Å². The van der Waals surface area contributed by atoms with E-state index in [1.54, 1.807) is 0 Å². The number of fused-ring (bicyclic) bond motifs is 1. The molecule has 1 fully saturated rings. The van der Waals surface area contributed by atoms with Crippen LogP contribution in [0.5, 0.6) is 0 Å². The Morgan fingerprint density at radius 3 is 2.44 bits per heavy atom. The highest BCUT2D eigenvalue weighted by Gasteiger charge is 2.25. The number of hydrogen-bond acceptors (Lipinski definition) is 4. The van der Waals surface area contributed by atoms with Gasteiger partial charge >= 0.3 is 0 Å². The normalized spacial score (nSPS) is 17.3. The lowest BCUT2D eigenvalue weighted by Crippen LogP contribution is -2.48. The first-order valence-corrected chi connectivity index (χ1v) is 12.6. The average molecular weight is 484 g/mol. The van der Waals surface area contributed by atoms with E-state index < -0.39 is 0 Å². The molecule has 7 nitrogen and oxygen atoms in total. The smallest absolute Gasteiger partial charge is 0.256 e. The van der Waals surface area contributed by atoms with Crippen molar-refractivity contribution in [2.75, 3.05) is 44.6 Å². The number of para-hydroxylation sites is 1. The Hall–Kier alpha value is -3.68. The van der Waals surface area contributed by atoms with Gasteiger partial charge in [0.05, 0.1) is 11.1 Å². The van der Waals surface area contributed by atoms with Crippen molar-refractivity contribution >= 4 is 29.2 Å². The largest absolute Gasteiger partial charge is 0.358 e. The highest BCUT2D eigenvalue weighted by atomic mass is 16.2. The first-order valence-electron chi connectivity index (χ1n) is 12.6. The Balaban J connectivity index is 1.15. The van der Waals surface area contributed by atoms with Gasteiger partial charge in [-0.25, -0.2) is 0 Å². The van der Waals surface area contributed by atoms with Crippen LogP contribution < -0.4 is 10.6 Å². The Bertz CT molecular complexity index is 1290. The van der Waals surface area contributed by atoms with E-state index in [0.29, 0.717) is 17.7 Å². The number of piperazine rings is 1. The number of H-pyrrole nitrogens is 1. The second-order valence-electron chi connectivity index (χ2n) is 9.58. The van der Waals surface area contributed by atoms with Gasteiger partial charge in [-0.2, -0.15) is 0 Å². The molecule has 0 spiro atoms. The minimum atomic E-state index is -0.127. The van der Waals surface area contributed by atoms with Crippen LogP contribution in [0.15, 0.2) is 54.6 Å². The van der Waals surface area contributed by atoms with E-state index in [4.69, 9.17) is 0 Å². The molecule has 2 aliphatic rings. The summed E-state index contributed by atoms with van der Waals surface area (Å²) in [5, 5.41) is 5.99. The number of aromatic nitrogens is 1. The molecule has 5 rings (SSSR count). The van der Waals surface area contributed by atoms with E-state index in [0.717, 1.165) is 67.5 Å². The van der Waals surface area contributed by atoms with E-state index in [-0.39, 0.29) is 11.8 Å². The average Bonchev–Trinajstić information content (AvgIpc) is 3.35. The minimum Gasteiger partial charge on any atom is -0.358 e. The summed E-state index contributed by atoms with van der Waals surface area (Å²) in [5.74, 6) is -0.206. The molecule has 0 saturated carbocycles. The Morgan fingerprint density at radius 2 is 1.67 bits per heavy atom. The van der Waals surface area contributed by atoms with Gasteiger partial charge in [0.15, 0.2) is 0 Å². The predicted octanol–water partition coefficient (Wildman–Crippen LogP) is 3.67. The molecular weight excluding hydrogens is 450 g/mol. The summed E-state index contributed by atoms with van der Waals surface area (Å²) in [6.07, 6.45) is 1.84. The van der Waals surface area contributed by atoms with Gasteiger partial charge in [-0.3, -0.25) is 19.4 Å². The summed E-state index contributed by atoms with van der Waals surface area (Å²) in [4.78, 5) is 33.7. The molecule has 1 aromatic heterocycles. The molecule has 0 aliphatic carbocycles. The van der Waals surface area contributed by atoms with Crippen LogP contribution in [0.2, 0.25) is 0 Å². The number of aryl methyl sites for hydroxylation is 1. The molecule has 1 saturated heterocycles. The highest BCUT2D eigenvalue weighted by molar-refractivity contribution is 6.34. The van der Waals surface area contributed by atoms with Crippen LogP contribution in [0.4, 0.5) is 5.69 Å². The molecule has 186 valence electrons. The number of amides is 2. The number of anilines is 1. The standard InChI is InChI=1S/C29H33N5O2/c1-20-26(18-24-23-10-6-7-11-25(23)32-28(24)35)31-21(2)27(20)29(36)30-12-13-33-14-16-34(17-15-33)19-22-8-4-3-5-9-22/h3-11,18,31H,12-17,19H2,1-2H3,(H,30,36)(H,32,35)/b24-18-. The van der Waals surface area contributed by atoms with Gasteiger partial charge < -0.3 is 15.6 Å². The molecule has 7 heteroatoms. The fourth-order valence-corrected chi connectivity index (χ4v) is 5.11. The summed E-state index contributed by atoms with van der Waals surface area (Å²) >= 11 is 0. The summed E-state index contributed by atoms with van der Waals surface area (Å²) in [6.45, 7) is 10.3. The van der Waals surface area contributed by atoms with Crippen LogP contribution in [0.25, 0.3) is 11.6 Å². The SMILES string of the molecule is Cc1[nH]c(/C=C2\C(=O)Nc3ccccc32)c(C)c1C(=O)NCCN1CCN(Cc2ccccc2)CC1. The van der Waals surface area contributed by atoms with Gasteiger partial charge in [-0.05, 0) is 37.1 Å². The molecule has 2 amide bonds. The highest BCUT2D eigenvalue weighted by Crippen LogP contribution is 2.33. The zero-order valence-corrected chi connectivity index (χ0v) is 20.9. The molecule has 0 bridgehead atoms. The lowest BCUT2D eigenvalue weighted by atomic mass is 10.0. The molecule has 3 heterocycles. The van der Waals surface area contributed by atoms with Crippen LogP contribution in [-0.2, 0) is 11.3 Å². The number of hydrogen-bond donors (Lipinski definition) is 3. The Kier molecular flexibility index (Phi) is 7.02. The van der Waals surface area contributed by atoms with Gasteiger partial charge in [0, 0.05) is 68.5 Å². The first-order chi connectivity index (χ1) is 17.5. The van der Waals surface area contributed by atoms with Gasteiger partial charge in [0.1, 0.15) is 0 Å². The molecule has 3 aromatic rings. The topological polar surface area (TPSA) is 80.5 Å². The molecular formula is C29H33N5O2. The third kappa shape index (κ3) is 5.12. The van der Waals surface area contributed by atoms with Crippen molar-refractivity contribution in [2.45, 2.75) is 20.4 Å². The van der Waals surface area contributed by atoms with Crippen molar-refractivity contribution in [1.82, 2.24) is 20.1 Å². The van der Waals surface area contributed by atoms with Gasteiger partial charge in [0.25, 0.3) is 11.8 Å². The molecule has 3 N–H and O–H groups in total. The van der Waals surface area contributed by atoms with E-state index in [1.165, 1.54) is 5.56 Å². The monoisotopic (exact) mass is 483 g/mol. The van der Waals surface area contributed by atoms with Gasteiger partial charge in [0.2, 0.25) is 0 Å². The maximum absolute atomic E-state index is 13.0.